The van der Waals surface area contributed by atoms with Crippen LogP contribution in [0.4, 0.5) is 5.69 Å². The van der Waals surface area contributed by atoms with E-state index in [1.54, 1.807) is 24.3 Å². The number of hydrogen-bond acceptors (Lipinski definition) is 6. The van der Waals surface area contributed by atoms with E-state index in [1.807, 2.05) is 0 Å². The fraction of sp³-hybridized carbons (Fsp3) is 0.0556. The zero-order chi connectivity index (χ0) is 22.7. The second-order valence-electron chi connectivity index (χ2n) is 6.04. The third-order valence-electron chi connectivity index (χ3n) is 3.75. The molecule has 3 aromatic rings. The van der Waals surface area contributed by atoms with Crippen molar-refractivity contribution in [1.82, 2.24) is 0 Å². The Morgan fingerprint density at radius 2 is 1.60 bits per heavy atom. The van der Waals surface area contributed by atoms with Crippen molar-refractivity contribution in [3.05, 3.63) is 54.6 Å². The number of para-hydroxylation sites is 1. The molecule has 10 nitrogen and oxygen atoms in total. The first-order valence-electron chi connectivity index (χ1n) is 8.15. The van der Waals surface area contributed by atoms with Crippen LogP contribution in [0.3, 0.4) is 0 Å². The topological polar surface area (TPSA) is 181 Å². The number of anilines is 1. The number of phenolic OH excluding ortho intramolecular Hbond substituents is 2. The van der Waals surface area contributed by atoms with Crippen LogP contribution in [0.25, 0.3) is 10.8 Å². The predicted molar refractivity (Wildman–Crippen MR) is 108 cm³/mol. The first-order chi connectivity index (χ1) is 13.8. The molecule has 0 aliphatic rings. The van der Waals surface area contributed by atoms with Crippen molar-refractivity contribution in [3.63, 3.8) is 0 Å². The summed E-state index contributed by atoms with van der Waals surface area (Å²) in [4.78, 5) is 10.5. The van der Waals surface area contributed by atoms with E-state index in [2.05, 4.69) is 5.32 Å². The van der Waals surface area contributed by atoms with E-state index in [1.165, 1.54) is 31.2 Å². The molecule has 0 aliphatic heterocycles. The van der Waals surface area contributed by atoms with Crippen molar-refractivity contribution < 1.29 is 39.9 Å². The van der Waals surface area contributed by atoms with Crippen molar-refractivity contribution in [2.24, 2.45) is 0 Å². The zero-order valence-corrected chi connectivity index (χ0v) is 18.1. The van der Waals surface area contributed by atoms with Gasteiger partial charge in [-0.2, -0.15) is 8.42 Å². The number of benzene rings is 3. The Labute approximate surface area is 174 Å². The Balaban J connectivity index is 0.000000214. The Kier molecular flexibility index (Phi) is 6.96. The zero-order valence-electron chi connectivity index (χ0n) is 15.4. The molecule has 6 N–H and O–H groups in total. The smallest absolute Gasteiger partial charge is 0.294 e. The molecule has 0 aromatic heterocycles. The summed E-state index contributed by atoms with van der Waals surface area (Å²) in [5.74, 6) is -1.05. The van der Waals surface area contributed by atoms with Crippen LogP contribution in [0.2, 0.25) is 0 Å². The van der Waals surface area contributed by atoms with Gasteiger partial charge >= 0.3 is 88.1 Å². The number of carbonyl (C=O) groups is 1. The van der Waals surface area contributed by atoms with Gasteiger partial charge in [-0.1, -0.05) is 24.3 Å². The first kappa shape index (κ1) is 23.5. The molecule has 0 unspecified atom stereocenters. The Bertz CT molecular complexity index is 1250. The molecule has 3 aromatic carbocycles. The summed E-state index contributed by atoms with van der Waals surface area (Å²) in [6.45, 7) is 1.18. The second kappa shape index (κ2) is 8.90. The standard InChI is InChI=1S/C10H8O4S.C8H10AsNO5/c11-10-6-8(15(12,13)14)5-7-3-1-2-4-9(7)10;1-5(11)10-8-6(9(13,14)15)3-2-4-7(8)12/h1-6,11H,(H,12,13,14);2-4,12H,1H3,(H,10,11)(H2,13,14,15). The van der Waals surface area contributed by atoms with Gasteiger partial charge < -0.3 is 5.11 Å². The molecule has 0 bridgehead atoms. The quantitative estimate of drug-likeness (QED) is 0.172. The van der Waals surface area contributed by atoms with Gasteiger partial charge in [-0.3, -0.25) is 4.55 Å². The Morgan fingerprint density at radius 3 is 2.17 bits per heavy atom. The number of carbonyl (C=O) groups excluding carboxylic acids is 1. The van der Waals surface area contributed by atoms with Gasteiger partial charge in [0, 0.05) is 11.5 Å². The van der Waals surface area contributed by atoms with Crippen LogP contribution in [0, 0.1) is 0 Å². The van der Waals surface area contributed by atoms with Crippen LogP contribution in [-0.2, 0) is 18.7 Å². The number of hydrogen-bond donors (Lipinski definition) is 6. The van der Waals surface area contributed by atoms with Crippen LogP contribution in [0.5, 0.6) is 11.5 Å². The van der Waals surface area contributed by atoms with E-state index in [0.29, 0.717) is 10.8 Å². The van der Waals surface area contributed by atoms with Crippen molar-refractivity contribution >= 4 is 51.0 Å². The molecular weight excluding hydrogens is 481 g/mol. The maximum atomic E-state index is 11.1. The molecule has 0 saturated heterocycles. The normalized spacial score (nSPS) is 11.5. The Morgan fingerprint density at radius 1 is 0.967 bits per heavy atom. The van der Waals surface area contributed by atoms with Gasteiger partial charge in [0.1, 0.15) is 5.75 Å². The largest absolute Gasteiger partial charge is 0.507 e. The van der Waals surface area contributed by atoms with E-state index < -0.39 is 30.2 Å². The van der Waals surface area contributed by atoms with Crippen LogP contribution in [0.15, 0.2) is 59.5 Å². The SMILES string of the molecule is CC(=O)Nc1c(O)cccc1[As](=O)(O)O.O=S(=O)(O)c1cc(O)c2ccccc2c1. The Hall–Kier alpha value is -2.82. The van der Waals surface area contributed by atoms with Gasteiger partial charge in [-0.25, -0.2) is 0 Å². The van der Waals surface area contributed by atoms with Crippen LogP contribution in [-0.4, -0.2) is 51.5 Å². The number of amides is 1. The van der Waals surface area contributed by atoms with Gasteiger partial charge in [0.15, 0.2) is 0 Å². The fourth-order valence-electron chi connectivity index (χ4n) is 2.49. The van der Waals surface area contributed by atoms with Gasteiger partial charge in [0.05, 0.1) is 4.90 Å². The molecular formula is C18H18AsNO9S. The second-order valence-corrected chi connectivity index (χ2v) is 10.8. The van der Waals surface area contributed by atoms with E-state index in [9.17, 15) is 27.2 Å². The minimum atomic E-state index is -5.14. The number of rotatable bonds is 3. The number of aromatic hydroxyl groups is 2. The molecule has 0 radical (unpaired) electrons. The molecule has 30 heavy (non-hydrogen) atoms. The molecule has 0 saturated carbocycles. The third-order valence-corrected chi connectivity index (χ3v) is 6.68. The molecule has 1 amide bonds. The summed E-state index contributed by atoms with van der Waals surface area (Å²) < 4.78 is 59.3. The maximum absolute atomic E-state index is 11.1. The van der Waals surface area contributed by atoms with E-state index in [4.69, 9.17) is 12.7 Å². The van der Waals surface area contributed by atoms with Crippen molar-refractivity contribution in [3.8, 4) is 11.5 Å². The monoisotopic (exact) mass is 499 g/mol. The molecule has 0 aliphatic carbocycles. The van der Waals surface area contributed by atoms with Gasteiger partial charge in [0.2, 0.25) is 0 Å². The van der Waals surface area contributed by atoms with E-state index >= 15 is 0 Å². The minimum absolute atomic E-state index is 0.166. The molecule has 0 atom stereocenters. The molecule has 0 fully saturated rings. The first-order valence-corrected chi connectivity index (χ1v) is 13.0. The third kappa shape index (κ3) is 5.85. The summed E-state index contributed by atoms with van der Waals surface area (Å²) in [5, 5.41) is 22.2. The van der Waals surface area contributed by atoms with Crippen LogP contribution < -0.4 is 9.67 Å². The van der Waals surface area contributed by atoms with Gasteiger partial charge in [-0.15, -0.1) is 0 Å². The predicted octanol–water partition coefficient (Wildman–Crippen LogP) is 0.704. The number of phenols is 2. The van der Waals surface area contributed by atoms with Crippen molar-refractivity contribution in [2.75, 3.05) is 5.32 Å². The summed E-state index contributed by atoms with van der Waals surface area (Å²) in [7, 11) is -4.28. The maximum Gasteiger partial charge on any atom is 0.294 e. The van der Waals surface area contributed by atoms with Crippen molar-refractivity contribution in [1.29, 1.82) is 0 Å². The fourth-order valence-corrected chi connectivity index (χ4v) is 4.58. The summed E-state index contributed by atoms with van der Waals surface area (Å²) in [6.07, 6.45) is 0. The summed E-state index contributed by atoms with van der Waals surface area (Å²) in [6, 6.07) is 12.8. The van der Waals surface area contributed by atoms with Crippen LogP contribution >= 0.6 is 0 Å². The summed E-state index contributed by atoms with van der Waals surface area (Å²) >= 11 is -5.14. The average Bonchev–Trinajstić information content (AvgIpc) is 2.62. The number of fused-ring (bicyclic) bond motifs is 1. The number of nitrogens with one attached hydrogen (secondary N) is 1. The summed E-state index contributed by atoms with van der Waals surface area (Å²) in [5.41, 5.74) is -0.225. The molecule has 3 rings (SSSR count). The van der Waals surface area contributed by atoms with Gasteiger partial charge in [-0.05, 0) is 11.5 Å². The minimum Gasteiger partial charge on any atom is -0.507 e. The van der Waals surface area contributed by atoms with Crippen LogP contribution in [0.1, 0.15) is 6.92 Å². The van der Waals surface area contributed by atoms with Gasteiger partial charge in [0.25, 0.3) is 10.1 Å². The molecule has 12 heteroatoms. The molecule has 160 valence electrons. The van der Waals surface area contributed by atoms with E-state index in [-0.39, 0.29) is 26.4 Å². The average molecular weight is 499 g/mol. The van der Waals surface area contributed by atoms with Crippen molar-refractivity contribution in [2.45, 2.75) is 11.8 Å². The van der Waals surface area contributed by atoms with E-state index in [0.717, 1.165) is 6.07 Å². The molecule has 0 heterocycles. The molecule has 0 spiro atoms.